The molecule has 74 heavy (non-hydrogen) atoms. The van der Waals surface area contributed by atoms with E-state index in [4.69, 9.17) is 23.7 Å². The molecule has 5 heterocycles. The van der Waals surface area contributed by atoms with Crippen LogP contribution in [-0.4, -0.2) is 130 Å². The van der Waals surface area contributed by atoms with E-state index in [1.807, 2.05) is 66.7 Å². The van der Waals surface area contributed by atoms with Gasteiger partial charge in [-0.2, -0.15) is 10.1 Å². The zero-order valence-electron chi connectivity index (χ0n) is 42.9. The number of ether oxygens (including phenoxy) is 5. The predicted molar refractivity (Wildman–Crippen MR) is 270 cm³/mol. The number of anilines is 1. The molecule has 1 amide bonds. The number of carbonyl (C=O) groups excluding carboxylic acids is 3. The predicted octanol–water partition coefficient (Wildman–Crippen LogP) is 4.66. The lowest BCUT2D eigenvalue weighted by atomic mass is 9.46. The molecule has 3 aliphatic carbocycles. The Kier molecular flexibility index (Phi) is 14.3. The number of ketones is 1. The number of fused-ring (bicyclic) bond motifs is 6. The van der Waals surface area contributed by atoms with Crippen molar-refractivity contribution < 1.29 is 68.7 Å². The standard InChI is InChI=1S/C55H67N5O14/c1-27(2)10-9-19-53(8)20-18-34-45(73-53)33(16-11-28(3)4)47-38(46(34)72-50(68)31-12-14-32(15-13-31)70-51-44(65)43(64)42(63)37(25-62)71-51)40-39-41(60-52(59-40)57-26-58-60)35-24-36(29(5)6)55(39,74-47)54(69,48(35)66)21-17-30(7)49(67)56-22-23-61/h10-15,17-18,20,26,29,35-37,41-44,51,61-65,69H,9,16,19,21-25H2,1-8H3,(H,56,67)(H,57,58,59)/b30-17-/t35?,36?,37-,41?,42-,43+,44-,51-,53?,54?,55?/m0/s1. The van der Waals surface area contributed by atoms with Gasteiger partial charge in [0.15, 0.2) is 22.7 Å². The van der Waals surface area contributed by atoms with Gasteiger partial charge in [-0.05, 0) is 110 Å². The van der Waals surface area contributed by atoms with E-state index in [-0.39, 0.29) is 60.3 Å². The number of esters is 1. The Morgan fingerprint density at radius 1 is 0.986 bits per heavy atom. The highest BCUT2D eigenvalue weighted by Crippen LogP contribution is 2.69. The summed E-state index contributed by atoms with van der Waals surface area (Å²) in [4.78, 5) is 48.0. The van der Waals surface area contributed by atoms with Crippen molar-refractivity contribution in [1.82, 2.24) is 20.1 Å². The molecule has 0 radical (unpaired) electrons. The lowest BCUT2D eigenvalue weighted by Crippen LogP contribution is -2.78. The zero-order chi connectivity index (χ0) is 53.2. The molecular weight excluding hydrogens is 955 g/mol. The summed E-state index contributed by atoms with van der Waals surface area (Å²) in [5.74, 6) is -2.14. The normalized spacial score (nSPS) is 30.2. The molecule has 4 aliphatic heterocycles. The van der Waals surface area contributed by atoms with Crippen molar-refractivity contribution in [2.24, 2.45) is 17.8 Å². The van der Waals surface area contributed by atoms with Gasteiger partial charge < -0.3 is 65.0 Å². The number of aliphatic hydroxyl groups excluding tert-OH is 5. The summed E-state index contributed by atoms with van der Waals surface area (Å²) in [7, 11) is 0. The van der Waals surface area contributed by atoms with Crippen molar-refractivity contribution in [2.75, 3.05) is 25.1 Å². The number of carbonyl (C=O) groups is 3. The van der Waals surface area contributed by atoms with Gasteiger partial charge in [0.05, 0.1) is 41.6 Å². The molecule has 7 aliphatic rings. The van der Waals surface area contributed by atoms with Crippen LogP contribution in [-0.2, 0) is 20.7 Å². The highest BCUT2D eigenvalue weighted by atomic mass is 16.7. The van der Waals surface area contributed by atoms with E-state index < -0.39 is 89.7 Å². The molecule has 4 fully saturated rings. The fourth-order valence-electron chi connectivity index (χ4n) is 11.5. The summed E-state index contributed by atoms with van der Waals surface area (Å²) in [6, 6.07) is 4.98. The summed E-state index contributed by atoms with van der Waals surface area (Å²) in [5.41, 5.74) is -0.196. The molecule has 6 unspecified atom stereocenters. The number of amides is 1. The summed E-state index contributed by atoms with van der Waals surface area (Å²) < 4.78 is 34.5. The minimum absolute atomic E-state index is 0.0145. The third kappa shape index (κ3) is 8.84. The van der Waals surface area contributed by atoms with E-state index >= 15 is 4.79 Å². The Bertz CT molecular complexity index is 2880. The fraction of sp³-hybridized carbons (Fsp3) is 0.509. The van der Waals surface area contributed by atoms with E-state index in [1.54, 1.807) is 17.7 Å². The van der Waals surface area contributed by atoms with Crippen molar-refractivity contribution in [3.05, 3.63) is 99.4 Å². The molecule has 1 saturated heterocycles. The first-order valence-electron chi connectivity index (χ1n) is 25.3. The molecule has 2 bridgehead atoms. The minimum Gasteiger partial charge on any atom is -0.482 e. The Morgan fingerprint density at radius 2 is 1.72 bits per heavy atom. The first-order valence-corrected chi connectivity index (χ1v) is 25.3. The van der Waals surface area contributed by atoms with E-state index in [0.717, 1.165) is 11.1 Å². The molecule has 11 atom stereocenters. The monoisotopic (exact) mass is 1020 g/mol. The Labute approximate surface area is 429 Å². The Balaban J connectivity index is 1.24. The molecule has 8 N–H and O–H groups in total. The maximum atomic E-state index is 15.4. The fourth-order valence-corrected chi connectivity index (χ4v) is 11.5. The molecule has 10 rings (SSSR count). The van der Waals surface area contributed by atoms with Crippen molar-refractivity contribution in [3.63, 3.8) is 0 Å². The maximum absolute atomic E-state index is 15.4. The molecule has 3 aromatic rings. The number of hydrogen-bond acceptors (Lipinski definition) is 17. The van der Waals surface area contributed by atoms with Crippen molar-refractivity contribution in [3.8, 4) is 23.0 Å². The van der Waals surface area contributed by atoms with Gasteiger partial charge in [0, 0.05) is 41.5 Å². The summed E-state index contributed by atoms with van der Waals surface area (Å²) in [6.45, 7) is 14.7. The molecule has 19 heteroatoms. The number of aliphatic hydroxyl groups is 6. The average Bonchev–Trinajstić information content (AvgIpc) is 3.85. The SMILES string of the molecule is CC(C)=CCCC1(C)C=Cc2c(c(CC=C(C)C)c3c(c2OC(=O)c2ccc(O[C@H]4O[C@@H](CO)[C@H](O)[C@@H](O)[C@@H]4O)cc2)C2=C4C(C5CC(C(C)C)C4(O3)C(O)(C/C=C(/C)C(=O)NCCO)C5=O)n3ncnc3N2)O1. The number of benzene rings is 2. The van der Waals surface area contributed by atoms with Gasteiger partial charge in [0.2, 0.25) is 18.1 Å². The molecule has 1 spiro atoms. The molecule has 1 aromatic heterocycles. The number of aromatic nitrogens is 3. The smallest absolute Gasteiger partial charge is 0.343 e. The molecule has 19 nitrogen and oxygen atoms in total. The highest BCUT2D eigenvalue weighted by molar-refractivity contribution is 6.03. The van der Waals surface area contributed by atoms with Crippen LogP contribution in [0.2, 0.25) is 0 Å². The first-order chi connectivity index (χ1) is 35.2. The summed E-state index contributed by atoms with van der Waals surface area (Å²) in [6.07, 6.45) is 4.94. The van der Waals surface area contributed by atoms with Crippen LogP contribution in [0, 0.1) is 17.8 Å². The van der Waals surface area contributed by atoms with Crippen LogP contribution in [0.4, 0.5) is 5.95 Å². The van der Waals surface area contributed by atoms with E-state index in [0.29, 0.717) is 58.9 Å². The van der Waals surface area contributed by atoms with E-state index in [1.165, 1.54) is 30.6 Å². The van der Waals surface area contributed by atoms with Crippen LogP contribution in [0.25, 0.3) is 11.8 Å². The third-order valence-electron chi connectivity index (χ3n) is 15.3. The summed E-state index contributed by atoms with van der Waals surface area (Å²) >= 11 is 0. The van der Waals surface area contributed by atoms with E-state index in [2.05, 4.69) is 26.8 Å². The second-order valence-electron chi connectivity index (χ2n) is 21.2. The van der Waals surface area contributed by atoms with Crippen molar-refractivity contribution >= 4 is 35.4 Å². The zero-order valence-corrected chi connectivity index (χ0v) is 42.9. The van der Waals surface area contributed by atoms with Crippen LogP contribution in [0.5, 0.6) is 23.0 Å². The van der Waals surface area contributed by atoms with Gasteiger partial charge >= 0.3 is 5.97 Å². The van der Waals surface area contributed by atoms with Crippen LogP contribution < -0.4 is 29.6 Å². The first kappa shape index (κ1) is 52.7. The van der Waals surface area contributed by atoms with Crippen LogP contribution in [0.15, 0.2) is 77.2 Å². The number of Topliss-reactive ketones (excluding diaryl/α,β-unsaturated/α-hetero) is 1. The minimum atomic E-state index is -2.27. The quantitative estimate of drug-likeness (QED) is 0.0420. The lowest BCUT2D eigenvalue weighted by Gasteiger charge is -2.65. The molecule has 2 aromatic carbocycles. The third-order valence-corrected chi connectivity index (χ3v) is 15.3. The number of nitrogens with zero attached hydrogens (tertiary/aromatic N) is 3. The van der Waals surface area contributed by atoms with Crippen LogP contribution in [0.3, 0.4) is 0 Å². The summed E-state index contributed by atoms with van der Waals surface area (Å²) in [5, 5.41) is 74.8. The number of allylic oxidation sites excluding steroid dienone is 4. The van der Waals surface area contributed by atoms with Gasteiger partial charge in [-0.25, -0.2) is 9.48 Å². The van der Waals surface area contributed by atoms with Crippen LogP contribution >= 0.6 is 0 Å². The Morgan fingerprint density at radius 3 is 2.39 bits per heavy atom. The number of nitrogens with one attached hydrogen (secondary N) is 2. The lowest BCUT2D eigenvalue weighted by molar-refractivity contribution is -0.277. The number of hydrogen-bond donors (Lipinski definition) is 8. The Hall–Kier alpha value is -6.19. The van der Waals surface area contributed by atoms with Crippen LogP contribution in [0.1, 0.15) is 114 Å². The molecular formula is C55H67N5O14. The second-order valence-corrected chi connectivity index (χ2v) is 21.2. The topological polar surface area (TPSA) is 274 Å². The number of rotatable bonds is 16. The largest absolute Gasteiger partial charge is 0.482 e. The van der Waals surface area contributed by atoms with Crippen molar-refractivity contribution in [1.29, 1.82) is 0 Å². The molecule has 3 saturated carbocycles. The molecule has 396 valence electrons. The van der Waals surface area contributed by atoms with Gasteiger partial charge in [0.25, 0.3) is 0 Å². The second kappa shape index (κ2) is 20.2. The highest BCUT2D eigenvalue weighted by Gasteiger charge is 2.77. The van der Waals surface area contributed by atoms with Gasteiger partial charge in [-0.1, -0.05) is 43.2 Å². The van der Waals surface area contributed by atoms with Gasteiger partial charge in [-0.3, -0.25) is 9.59 Å². The van der Waals surface area contributed by atoms with Crippen molar-refractivity contribution in [2.45, 2.75) is 141 Å². The average molecular weight is 1020 g/mol. The van der Waals surface area contributed by atoms with E-state index in [9.17, 15) is 40.2 Å². The van der Waals surface area contributed by atoms with Gasteiger partial charge in [0.1, 0.15) is 53.6 Å². The van der Waals surface area contributed by atoms with Gasteiger partial charge in [-0.15, -0.1) is 0 Å². The maximum Gasteiger partial charge on any atom is 0.343 e.